The fraction of sp³-hybridized carbons (Fsp3) is 0.556. The van der Waals surface area contributed by atoms with Gasteiger partial charge in [-0.25, -0.2) is 0 Å². The van der Waals surface area contributed by atoms with Crippen molar-refractivity contribution in [1.29, 1.82) is 0 Å². The average Bonchev–Trinajstić information content (AvgIpc) is 2.86. The van der Waals surface area contributed by atoms with E-state index < -0.39 is 0 Å². The summed E-state index contributed by atoms with van der Waals surface area (Å²) in [5, 5.41) is 17.0. The van der Waals surface area contributed by atoms with E-state index in [1.807, 2.05) is 16.5 Å². The van der Waals surface area contributed by atoms with Gasteiger partial charge >= 0.3 is 0 Å². The molecule has 2 heterocycles. The van der Waals surface area contributed by atoms with Crippen LogP contribution in [0.4, 0.5) is 10.3 Å². The molecule has 2 N–H and O–H groups in total. The summed E-state index contributed by atoms with van der Waals surface area (Å²) in [5.41, 5.74) is 5.55. The molecule has 0 aliphatic carbocycles. The fourth-order valence-electron chi connectivity index (χ4n) is 1.47. The lowest BCUT2D eigenvalue weighted by molar-refractivity contribution is 0.564. The number of aromatic nitrogens is 5. The summed E-state index contributed by atoms with van der Waals surface area (Å²) in [6.07, 6.45) is 1.74. The molecule has 0 aliphatic rings. The molecular formula is C9H15N7S. The van der Waals surface area contributed by atoms with Gasteiger partial charge in [-0.1, -0.05) is 11.3 Å². The second-order valence-corrected chi connectivity index (χ2v) is 5.01. The second-order valence-electron chi connectivity index (χ2n) is 4.03. The summed E-state index contributed by atoms with van der Waals surface area (Å²) in [7, 11) is 1.93. The molecule has 8 heteroatoms. The topological polar surface area (TPSA) is 85.8 Å². The van der Waals surface area contributed by atoms with Crippen molar-refractivity contribution in [1.82, 2.24) is 25.0 Å². The molecule has 7 nitrogen and oxygen atoms in total. The largest absolute Gasteiger partial charge is 0.374 e. The van der Waals surface area contributed by atoms with E-state index in [2.05, 4.69) is 34.2 Å². The van der Waals surface area contributed by atoms with Crippen LogP contribution in [0.2, 0.25) is 0 Å². The molecule has 0 saturated heterocycles. The van der Waals surface area contributed by atoms with E-state index in [0.717, 1.165) is 11.0 Å². The van der Waals surface area contributed by atoms with Gasteiger partial charge in [0.1, 0.15) is 6.33 Å². The van der Waals surface area contributed by atoms with Crippen molar-refractivity contribution >= 4 is 21.6 Å². The Bertz CT molecular complexity index is 489. The molecule has 0 fully saturated rings. The number of rotatable bonds is 4. The molecule has 17 heavy (non-hydrogen) atoms. The molecule has 0 aliphatic heterocycles. The van der Waals surface area contributed by atoms with E-state index in [-0.39, 0.29) is 0 Å². The molecule has 0 spiro atoms. The van der Waals surface area contributed by atoms with E-state index in [4.69, 9.17) is 5.73 Å². The van der Waals surface area contributed by atoms with Crippen LogP contribution >= 0.6 is 11.3 Å². The molecule has 2 aromatic heterocycles. The standard InChI is InChI=1S/C9H15N7S/c1-6(2)16-5-11-12-7(16)4-15(3)9-14-13-8(10)17-9/h5-6H,4H2,1-3H3,(H2,10,13). The summed E-state index contributed by atoms with van der Waals surface area (Å²) in [5.74, 6) is 0.899. The van der Waals surface area contributed by atoms with Gasteiger partial charge in [0.05, 0.1) is 6.54 Å². The minimum Gasteiger partial charge on any atom is -0.374 e. The highest BCUT2D eigenvalue weighted by molar-refractivity contribution is 7.18. The third kappa shape index (κ3) is 2.52. The highest BCUT2D eigenvalue weighted by atomic mass is 32.1. The molecule has 0 bridgehead atoms. The number of nitrogen functional groups attached to an aromatic ring is 1. The van der Waals surface area contributed by atoms with Crippen molar-refractivity contribution in [3.8, 4) is 0 Å². The molecule has 2 rings (SSSR count). The number of nitrogens with two attached hydrogens (primary N) is 1. The van der Waals surface area contributed by atoms with Gasteiger partial charge in [0.15, 0.2) is 5.82 Å². The highest BCUT2D eigenvalue weighted by Crippen LogP contribution is 2.21. The second kappa shape index (κ2) is 4.66. The summed E-state index contributed by atoms with van der Waals surface area (Å²) in [4.78, 5) is 1.96. The van der Waals surface area contributed by atoms with Gasteiger partial charge in [0.25, 0.3) is 0 Å². The first-order chi connectivity index (χ1) is 8.08. The predicted molar refractivity (Wildman–Crippen MR) is 66.8 cm³/mol. The monoisotopic (exact) mass is 253 g/mol. The summed E-state index contributed by atoms with van der Waals surface area (Å²) < 4.78 is 2.03. The number of anilines is 2. The van der Waals surface area contributed by atoms with E-state index in [1.54, 1.807) is 6.33 Å². The Balaban J connectivity index is 2.13. The Hall–Kier alpha value is -1.70. The summed E-state index contributed by atoms with van der Waals surface area (Å²) in [6, 6.07) is 0.341. The van der Waals surface area contributed by atoms with Gasteiger partial charge in [0.2, 0.25) is 10.3 Å². The number of hydrogen-bond donors (Lipinski definition) is 1. The maximum atomic E-state index is 5.55. The normalized spacial score (nSPS) is 11.1. The SMILES string of the molecule is CC(C)n1cnnc1CN(C)c1nnc(N)s1. The first-order valence-corrected chi connectivity index (χ1v) is 6.08. The van der Waals surface area contributed by atoms with Crippen molar-refractivity contribution in [2.45, 2.75) is 26.4 Å². The van der Waals surface area contributed by atoms with Crippen LogP contribution in [0.15, 0.2) is 6.33 Å². The fourth-order valence-corrected chi connectivity index (χ4v) is 2.04. The van der Waals surface area contributed by atoms with Crippen LogP contribution in [0.1, 0.15) is 25.7 Å². The van der Waals surface area contributed by atoms with E-state index in [9.17, 15) is 0 Å². The molecular weight excluding hydrogens is 238 g/mol. The Kier molecular flexibility index (Phi) is 3.23. The summed E-state index contributed by atoms with van der Waals surface area (Å²) >= 11 is 1.36. The molecule has 0 aromatic carbocycles. The van der Waals surface area contributed by atoms with Gasteiger partial charge < -0.3 is 15.2 Å². The lowest BCUT2D eigenvalue weighted by atomic mass is 10.4. The zero-order valence-corrected chi connectivity index (χ0v) is 10.8. The van der Waals surface area contributed by atoms with Gasteiger partial charge in [-0.05, 0) is 13.8 Å². The molecule has 0 amide bonds. The van der Waals surface area contributed by atoms with Crippen LogP contribution in [-0.2, 0) is 6.54 Å². The molecule has 0 radical (unpaired) electrons. The van der Waals surface area contributed by atoms with Crippen LogP contribution in [0.5, 0.6) is 0 Å². The van der Waals surface area contributed by atoms with Gasteiger partial charge in [-0.3, -0.25) is 0 Å². The average molecular weight is 253 g/mol. The molecule has 92 valence electrons. The minimum atomic E-state index is 0.341. The zero-order valence-electron chi connectivity index (χ0n) is 10.0. The first-order valence-electron chi connectivity index (χ1n) is 5.26. The zero-order chi connectivity index (χ0) is 12.4. The van der Waals surface area contributed by atoms with Gasteiger partial charge in [-0.15, -0.1) is 20.4 Å². The molecule has 0 atom stereocenters. The smallest absolute Gasteiger partial charge is 0.210 e. The number of hydrogen-bond acceptors (Lipinski definition) is 7. The first kappa shape index (κ1) is 11.8. The van der Waals surface area contributed by atoms with E-state index in [1.165, 1.54) is 11.3 Å². The van der Waals surface area contributed by atoms with Crippen LogP contribution in [0.3, 0.4) is 0 Å². The minimum absolute atomic E-state index is 0.341. The van der Waals surface area contributed by atoms with Crippen molar-refractivity contribution in [3.63, 3.8) is 0 Å². The van der Waals surface area contributed by atoms with Crippen LogP contribution in [0, 0.1) is 0 Å². The third-order valence-corrected chi connectivity index (χ3v) is 3.21. The summed E-state index contributed by atoms with van der Waals surface area (Å²) in [6.45, 7) is 4.82. The maximum Gasteiger partial charge on any atom is 0.210 e. The Morgan fingerprint density at radius 3 is 2.76 bits per heavy atom. The Morgan fingerprint density at radius 1 is 1.41 bits per heavy atom. The van der Waals surface area contributed by atoms with Crippen LogP contribution in [0.25, 0.3) is 0 Å². The lowest BCUT2D eigenvalue weighted by Gasteiger charge is -2.16. The van der Waals surface area contributed by atoms with Crippen molar-refractivity contribution in [2.75, 3.05) is 17.7 Å². The molecule has 0 saturated carbocycles. The molecule has 0 unspecified atom stereocenters. The van der Waals surface area contributed by atoms with Crippen molar-refractivity contribution in [2.24, 2.45) is 0 Å². The van der Waals surface area contributed by atoms with Crippen LogP contribution in [-0.4, -0.2) is 32.0 Å². The van der Waals surface area contributed by atoms with Crippen molar-refractivity contribution < 1.29 is 0 Å². The lowest BCUT2D eigenvalue weighted by Crippen LogP contribution is -2.20. The van der Waals surface area contributed by atoms with Crippen molar-refractivity contribution in [3.05, 3.63) is 12.2 Å². The van der Waals surface area contributed by atoms with Crippen LogP contribution < -0.4 is 10.6 Å². The quantitative estimate of drug-likeness (QED) is 0.872. The predicted octanol–water partition coefficient (Wildman–Crippen LogP) is 0.929. The molecule has 2 aromatic rings. The van der Waals surface area contributed by atoms with Gasteiger partial charge in [0, 0.05) is 13.1 Å². The Morgan fingerprint density at radius 2 is 2.18 bits per heavy atom. The third-order valence-electron chi connectivity index (χ3n) is 2.34. The van der Waals surface area contributed by atoms with E-state index >= 15 is 0 Å². The van der Waals surface area contributed by atoms with Gasteiger partial charge in [-0.2, -0.15) is 0 Å². The number of nitrogens with zero attached hydrogens (tertiary/aromatic N) is 6. The highest BCUT2D eigenvalue weighted by Gasteiger charge is 2.13. The van der Waals surface area contributed by atoms with E-state index in [0.29, 0.717) is 17.7 Å². The maximum absolute atomic E-state index is 5.55. The Labute approximate surface area is 103 Å².